The molecule has 0 N–H and O–H groups in total. The Morgan fingerprint density at radius 3 is 2.55 bits per heavy atom. The first-order chi connectivity index (χ1) is 15.7. The first kappa shape index (κ1) is 24.4. The highest BCUT2D eigenvalue weighted by atomic mass is 35.5. The van der Waals surface area contributed by atoms with E-state index in [9.17, 15) is 9.59 Å². The van der Waals surface area contributed by atoms with Crippen LogP contribution in [0.1, 0.15) is 36.7 Å². The topological polar surface area (TPSA) is 81.1 Å². The van der Waals surface area contributed by atoms with Crippen LogP contribution in [0.15, 0.2) is 59.0 Å². The van der Waals surface area contributed by atoms with Crippen LogP contribution in [-0.2, 0) is 14.3 Å². The number of benzene rings is 2. The van der Waals surface area contributed by atoms with Crippen LogP contribution in [0.25, 0.3) is 11.3 Å². The minimum absolute atomic E-state index is 0.303. The molecule has 0 aliphatic rings. The van der Waals surface area contributed by atoms with Crippen LogP contribution in [-0.4, -0.2) is 37.0 Å². The van der Waals surface area contributed by atoms with Crippen molar-refractivity contribution in [3.8, 4) is 11.3 Å². The first-order valence-electron chi connectivity index (χ1n) is 10.1. The number of anilines is 1. The summed E-state index contributed by atoms with van der Waals surface area (Å²) in [5.74, 6) is -1.07. The van der Waals surface area contributed by atoms with Gasteiger partial charge in [0.2, 0.25) is 11.9 Å². The summed E-state index contributed by atoms with van der Waals surface area (Å²) >= 11 is 7.69. The number of ether oxygens (including phenoxy) is 2. The molecule has 33 heavy (non-hydrogen) atoms. The fourth-order valence-electron chi connectivity index (χ4n) is 2.63. The smallest absolute Gasteiger partial charge is 0.341 e. The highest BCUT2D eigenvalue weighted by molar-refractivity contribution is 7.14. The number of hydrazone groups is 1. The second kappa shape index (κ2) is 10.6. The maximum Gasteiger partial charge on any atom is 0.341 e. The van der Waals surface area contributed by atoms with Crippen LogP contribution >= 0.6 is 22.9 Å². The minimum atomic E-state index is -0.677. The molecular weight excluding hydrogens is 462 g/mol. The second-order valence-corrected chi connectivity index (χ2v) is 9.33. The Kier molecular flexibility index (Phi) is 7.84. The van der Waals surface area contributed by atoms with Gasteiger partial charge in [-0.05, 0) is 32.9 Å². The minimum Gasteiger partial charge on any atom is -0.427 e. The van der Waals surface area contributed by atoms with Gasteiger partial charge in [0, 0.05) is 28.6 Å². The van der Waals surface area contributed by atoms with Crippen molar-refractivity contribution in [2.45, 2.75) is 20.8 Å². The molecule has 0 fully saturated rings. The lowest BCUT2D eigenvalue weighted by atomic mass is 9.98. The molecule has 3 rings (SSSR count). The van der Waals surface area contributed by atoms with Gasteiger partial charge in [0.05, 0.1) is 22.9 Å². The normalized spacial score (nSPS) is 11.4. The van der Waals surface area contributed by atoms with E-state index in [2.05, 4.69) is 10.1 Å². The molecule has 2 aromatic carbocycles. The molecule has 0 amide bonds. The van der Waals surface area contributed by atoms with E-state index in [-0.39, 0.29) is 0 Å². The van der Waals surface area contributed by atoms with Gasteiger partial charge in [0.25, 0.3) is 0 Å². The van der Waals surface area contributed by atoms with Gasteiger partial charge in [-0.3, -0.25) is 4.79 Å². The van der Waals surface area contributed by atoms with Crippen molar-refractivity contribution in [3.05, 3.63) is 70.1 Å². The van der Waals surface area contributed by atoms with Gasteiger partial charge in [0.1, 0.15) is 0 Å². The molecule has 7 nitrogen and oxygen atoms in total. The molecular formula is C24H24ClN3O4S. The van der Waals surface area contributed by atoms with Crippen LogP contribution in [0, 0.1) is 5.41 Å². The van der Waals surface area contributed by atoms with Crippen molar-refractivity contribution in [1.29, 1.82) is 0 Å². The molecule has 3 aromatic rings. The zero-order valence-electron chi connectivity index (χ0n) is 18.7. The zero-order valence-corrected chi connectivity index (χ0v) is 20.3. The maximum atomic E-state index is 12.5. The Hall–Kier alpha value is -3.23. The molecule has 0 saturated carbocycles. The van der Waals surface area contributed by atoms with Gasteiger partial charge in [-0.2, -0.15) is 5.10 Å². The predicted molar refractivity (Wildman–Crippen MR) is 131 cm³/mol. The number of carbonyl (C=O) groups is 2. The summed E-state index contributed by atoms with van der Waals surface area (Å²) in [5, 5.41) is 9.22. The Bertz CT molecular complexity index is 1170. The van der Waals surface area contributed by atoms with E-state index in [0.29, 0.717) is 21.3 Å². The Labute approximate surface area is 201 Å². The van der Waals surface area contributed by atoms with E-state index >= 15 is 0 Å². The number of rotatable bonds is 7. The Balaban J connectivity index is 1.68. The van der Waals surface area contributed by atoms with Gasteiger partial charge >= 0.3 is 11.9 Å². The molecule has 9 heteroatoms. The number of aromatic nitrogens is 1. The van der Waals surface area contributed by atoms with E-state index in [1.54, 1.807) is 63.3 Å². The third-order valence-electron chi connectivity index (χ3n) is 4.46. The summed E-state index contributed by atoms with van der Waals surface area (Å²) in [6.45, 7) is 4.71. The number of hydrogen-bond donors (Lipinski definition) is 0. The molecule has 0 atom stereocenters. The first-order valence-corrected chi connectivity index (χ1v) is 11.3. The maximum absolute atomic E-state index is 12.5. The van der Waals surface area contributed by atoms with Gasteiger partial charge in [-0.1, -0.05) is 48.0 Å². The Morgan fingerprint density at radius 1 is 1.12 bits per heavy atom. The van der Waals surface area contributed by atoms with Crippen LogP contribution in [0.3, 0.4) is 0 Å². The highest BCUT2D eigenvalue weighted by Gasteiger charge is 2.23. The highest BCUT2D eigenvalue weighted by Crippen LogP contribution is 2.31. The third kappa shape index (κ3) is 6.40. The van der Waals surface area contributed by atoms with Gasteiger partial charge in [-0.15, -0.1) is 11.3 Å². The number of thiazole rings is 1. The van der Waals surface area contributed by atoms with Crippen molar-refractivity contribution in [2.75, 3.05) is 18.8 Å². The molecule has 0 saturated heterocycles. The zero-order chi connectivity index (χ0) is 24.0. The lowest BCUT2D eigenvalue weighted by Gasteiger charge is -2.16. The summed E-state index contributed by atoms with van der Waals surface area (Å²) in [4.78, 5) is 28.9. The van der Waals surface area contributed by atoms with E-state index in [4.69, 9.17) is 21.1 Å². The van der Waals surface area contributed by atoms with Gasteiger partial charge < -0.3 is 9.47 Å². The van der Waals surface area contributed by atoms with Crippen LogP contribution in [0.4, 0.5) is 5.13 Å². The summed E-state index contributed by atoms with van der Waals surface area (Å²) in [5.41, 5.74) is 1.79. The monoisotopic (exact) mass is 485 g/mol. The molecule has 0 bridgehead atoms. The Morgan fingerprint density at radius 2 is 1.82 bits per heavy atom. The number of carbonyl (C=O) groups excluding carboxylic acids is 2. The quantitative estimate of drug-likeness (QED) is 0.186. The van der Waals surface area contributed by atoms with Crippen molar-refractivity contribution in [1.82, 2.24) is 4.98 Å². The average Bonchev–Trinajstić information content (AvgIpc) is 3.27. The molecule has 0 radical (unpaired) electrons. The van der Waals surface area contributed by atoms with E-state index in [1.807, 2.05) is 29.6 Å². The van der Waals surface area contributed by atoms with E-state index < -0.39 is 24.1 Å². The molecule has 1 heterocycles. The molecule has 0 spiro atoms. The summed E-state index contributed by atoms with van der Waals surface area (Å²) < 4.78 is 10.1. The summed E-state index contributed by atoms with van der Waals surface area (Å²) in [6.07, 6.45) is 1.55. The molecule has 0 unspecified atom stereocenters. The number of esters is 2. The molecule has 0 aliphatic heterocycles. The lowest BCUT2D eigenvalue weighted by molar-refractivity contribution is -0.161. The second-order valence-electron chi connectivity index (χ2n) is 8.08. The largest absolute Gasteiger partial charge is 0.427 e. The van der Waals surface area contributed by atoms with Crippen molar-refractivity contribution < 1.29 is 19.1 Å². The number of hydrogen-bond acceptors (Lipinski definition) is 8. The van der Waals surface area contributed by atoms with Crippen molar-refractivity contribution in [3.63, 3.8) is 0 Å². The fraction of sp³-hybridized carbons (Fsp3) is 0.250. The van der Waals surface area contributed by atoms with Crippen LogP contribution in [0.5, 0.6) is 0 Å². The van der Waals surface area contributed by atoms with Crippen molar-refractivity contribution in [2.24, 2.45) is 10.5 Å². The SMILES string of the molecule is CN(/N=C/c1ccccc1C(=O)OCOC(=O)C(C)(C)C)c1nc(-c2ccccc2Cl)cs1. The third-order valence-corrected chi connectivity index (χ3v) is 5.70. The standard InChI is InChI=1S/C24H24ClN3O4S/c1-24(2,3)22(30)32-15-31-21(29)17-10-6-5-9-16(17)13-26-28(4)23-27-20(14-33-23)18-11-7-8-12-19(18)25/h5-14H,15H2,1-4H3/b26-13+. The number of halogens is 1. The van der Waals surface area contributed by atoms with Crippen molar-refractivity contribution >= 4 is 46.2 Å². The molecule has 172 valence electrons. The molecule has 1 aromatic heterocycles. The predicted octanol–water partition coefficient (Wildman–Crippen LogP) is 5.64. The fourth-order valence-corrected chi connectivity index (χ4v) is 3.61. The summed E-state index contributed by atoms with van der Waals surface area (Å²) in [6, 6.07) is 14.4. The number of nitrogens with zero attached hydrogens (tertiary/aromatic N) is 3. The molecule has 0 aliphatic carbocycles. The van der Waals surface area contributed by atoms with Gasteiger partial charge in [0.15, 0.2) is 0 Å². The van der Waals surface area contributed by atoms with E-state index in [0.717, 1.165) is 11.3 Å². The van der Waals surface area contributed by atoms with Gasteiger partial charge in [-0.25, -0.2) is 14.8 Å². The van der Waals surface area contributed by atoms with E-state index in [1.165, 1.54) is 11.3 Å². The van der Waals surface area contributed by atoms with Crippen LogP contribution in [0.2, 0.25) is 5.02 Å². The average molecular weight is 486 g/mol. The van der Waals surface area contributed by atoms with Crippen LogP contribution < -0.4 is 5.01 Å². The summed E-state index contributed by atoms with van der Waals surface area (Å²) in [7, 11) is 1.76. The lowest BCUT2D eigenvalue weighted by Crippen LogP contribution is -2.25.